The van der Waals surface area contributed by atoms with Gasteiger partial charge in [-0.15, -0.1) is 13.2 Å². The summed E-state index contributed by atoms with van der Waals surface area (Å²) < 4.78 is 69.0. The van der Waals surface area contributed by atoms with E-state index in [0.717, 1.165) is 28.9 Å². The fourth-order valence-electron chi connectivity index (χ4n) is 4.47. The van der Waals surface area contributed by atoms with Gasteiger partial charge in [-0.2, -0.15) is 0 Å². The average molecular weight is 525 g/mol. The number of aliphatic imine (C=N–C) groups is 1. The minimum atomic E-state index is -4.84. The molecule has 1 saturated heterocycles. The Bertz CT molecular complexity index is 1290. The van der Waals surface area contributed by atoms with Crippen molar-refractivity contribution in [2.75, 3.05) is 31.2 Å². The van der Waals surface area contributed by atoms with Gasteiger partial charge in [0.25, 0.3) is 5.91 Å². The zero-order valence-corrected chi connectivity index (χ0v) is 20.7. The molecule has 8 nitrogen and oxygen atoms in total. The minimum Gasteiger partial charge on any atom is -0.406 e. The molecule has 2 aliphatic heterocycles. The largest absolute Gasteiger partial charge is 0.573 e. The van der Waals surface area contributed by atoms with Gasteiger partial charge in [-0.3, -0.25) is 9.79 Å². The Morgan fingerprint density at radius 1 is 1.17 bits per heavy atom. The summed E-state index contributed by atoms with van der Waals surface area (Å²) in [7, 11) is -1.73. The molecule has 0 radical (unpaired) electrons. The number of sulfonamides is 1. The third-order valence-electron chi connectivity index (χ3n) is 6.53. The van der Waals surface area contributed by atoms with E-state index in [4.69, 9.17) is 0 Å². The minimum absolute atomic E-state index is 0.0492. The molecule has 1 fully saturated rings. The van der Waals surface area contributed by atoms with Crippen LogP contribution in [0.1, 0.15) is 29.5 Å². The molecule has 2 N–H and O–H groups in total. The second kappa shape index (κ2) is 9.74. The Morgan fingerprint density at radius 2 is 1.89 bits per heavy atom. The van der Waals surface area contributed by atoms with Crippen molar-refractivity contribution in [2.24, 2.45) is 4.99 Å². The van der Waals surface area contributed by atoms with Crippen molar-refractivity contribution in [3.8, 4) is 5.75 Å². The highest BCUT2D eigenvalue weighted by Crippen LogP contribution is 2.33. The van der Waals surface area contributed by atoms with E-state index in [9.17, 15) is 26.4 Å². The number of ether oxygens (including phenoxy) is 1. The summed E-state index contributed by atoms with van der Waals surface area (Å²) in [4.78, 5) is 17.3. The molecule has 2 aliphatic rings. The Hall–Kier alpha value is -3.12. The molecule has 0 saturated carbocycles. The molecule has 0 unspecified atom stereocenters. The zero-order valence-electron chi connectivity index (χ0n) is 19.9. The van der Waals surface area contributed by atoms with E-state index in [1.54, 1.807) is 0 Å². The van der Waals surface area contributed by atoms with E-state index in [2.05, 4.69) is 20.4 Å². The van der Waals surface area contributed by atoms with Gasteiger partial charge in [0.1, 0.15) is 17.1 Å². The van der Waals surface area contributed by atoms with Crippen LogP contribution in [0.25, 0.3) is 0 Å². The number of amides is 1. The lowest BCUT2D eigenvalue weighted by atomic mass is 9.89. The molecule has 12 heteroatoms. The fraction of sp³-hybridized carbons (Fsp3) is 0.417. The van der Waals surface area contributed by atoms with Crippen LogP contribution in [0.5, 0.6) is 5.75 Å². The molecule has 36 heavy (non-hydrogen) atoms. The molecule has 1 spiro atoms. The number of nitrogens with zero attached hydrogens (tertiary/aromatic N) is 2. The number of benzene rings is 2. The lowest BCUT2D eigenvalue weighted by molar-refractivity contribution is -0.274. The van der Waals surface area contributed by atoms with E-state index in [0.29, 0.717) is 6.42 Å². The number of anilines is 1. The van der Waals surface area contributed by atoms with Crippen molar-refractivity contribution in [2.45, 2.75) is 38.1 Å². The van der Waals surface area contributed by atoms with Gasteiger partial charge in [-0.1, -0.05) is 18.2 Å². The highest BCUT2D eigenvalue weighted by molar-refractivity contribution is 7.89. The van der Waals surface area contributed by atoms with Crippen LogP contribution in [0, 0.1) is 6.92 Å². The summed E-state index contributed by atoms with van der Waals surface area (Å²) in [5.41, 5.74) is 2.03. The van der Waals surface area contributed by atoms with Gasteiger partial charge in [-0.25, -0.2) is 12.7 Å². The maximum absolute atomic E-state index is 13.0. The summed E-state index contributed by atoms with van der Waals surface area (Å²) in [6, 6.07) is 11.0. The first-order valence-corrected chi connectivity index (χ1v) is 13.0. The summed E-state index contributed by atoms with van der Waals surface area (Å²) in [6.45, 7) is 2.19. The highest BCUT2D eigenvalue weighted by atomic mass is 32.2. The van der Waals surface area contributed by atoms with Crippen LogP contribution < -0.4 is 15.4 Å². The Labute approximate surface area is 207 Å². The molecule has 4 rings (SSSR count). The van der Waals surface area contributed by atoms with Crippen LogP contribution in [-0.4, -0.2) is 62.3 Å². The SMILES string of the molecule is CNc1ccc(CCS(=O)(=O)N2CCC3(CC2)N=C(c2cccc(OC(F)(F)F)c2)NC3=O)c(C)c1. The molecule has 0 bridgehead atoms. The lowest BCUT2D eigenvalue weighted by Gasteiger charge is -2.34. The van der Waals surface area contributed by atoms with E-state index >= 15 is 0 Å². The normalized spacial score (nSPS) is 18.1. The van der Waals surface area contributed by atoms with Crippen molar-refractivity contribution in [1.82, 2.24) is 9.62 Å². The second-order valence-electron chi connectivity index (χ2n) is 8.88. The summed E-state index contributed by atoms with van der Waals surface area (Å²) in [6.07, 6.45) is -4.11. The number of nitrogens with one attached hydrogen (secondary N) is 2. The molecule has 2 heterocycles. The summed E-state index contributed by atoms with van der Waals surface area (Å²) in [5.74, 6) is -0.720. The van der Waals surface area contributed by atoms with E-state index in [1.165, 1.54) is 16.4 Å². The maximum Gasteiger partial charge on any atom is 0.573 e. The number of amidine groups is 1. The molecule has 194 valence electrons. The molecule has 1 amide bonds. The smallest absolute Gasteiger partial charge is 0.406 e. The molecule has 0 aliphatic carbocycles. The third kappa shape index (κ3) is 5.65. The van der Waals surface area contributed by atoms with Gasteiger partial charge in [0.2, 0.25) is 10.0 Å². The van der Waals surface area contributed by atoms with Crippen molar-refractivity contribution < 1.29 is 31.1 Å². The topological polar surface area (TPSA) is 100 Å². The zero-order chi connectivity index (χ0) is 26.1. The van der Waals surface area contributed by atoms with E-state index < -0.39 is 33.6 Å². The van der Waals surface area contributed by atoms with Crippen LogP contribution in [-0.2, 0) is 21.2 Å². The number of rotatable bonds is 7. The van der Waals surface area contributed by atoms with Crippen LogP contribution in [0.4, 0.5) is 18.9 Å². The molecule has 0 aromatic heterocycles. The summed E-state index contributed by atoms with van der Waals surface area (Å²) >= 11 is 0. The average Bonchev–Trinajstić information content (AvgIpc) is 3.13. The number of carbonyl (C=O) groups excluding carboxylic acids is 1. The van der Waals surface area contributed by atoms with Gasteiger partial charge in [0.15, 0.2) is 0 Å². The van der Waals surface area contributed by atoms with Crippen LogP contribution in [0.3, 0.4) is 0 Å². The van der Waals surface area contributed by atoms with Crippen LogP contribution in [0.15, 0.2) is 47.5 Å². The van der Waals surface area contributed by atoms with Gasteiger partial charge >= 0.3 is 6.36 Å². The van der Waals surface area contributed by atoms with Gasteiger partial charge in [0, 0.05) is 31.4 Å². The van der Waals surface area contributed by atoms with Crippen molar-refractivity contribution in [1.29, 1.82) is 0 Å². The lowest BCUT2D eigenvalue weighted by Crippen LogP contribution is -2.50. The van der Waals surface area contributed by atoms with Crippen molar-refractivity contribution in [3.63, 3.8) is 0 Å². The quantitative estimate of drug-likeness (QED) is 0.580. The Morgan fingerprint density at radius 3 is 2.53 bits per heavy atom. The summed E-state index contributed by atoms with van der Waals surface area (Å²) in [5, 5.41) is 5.69. The third-order valence-corrected chi connectivity index (χ3v) is 8.40. The molecular weight excluding hydrogens is 497 g/mol. The highest BCUT2D eigenvalue weighted by Gasteiger charge is 2.47. The molecule has 0 atom stereocenters. The van der Waals surface area contributed by atoms with E-state index in [-0.39, 0.29) is 43.1 Å². The van der Waals surface area contributed by atoms with Gasteiger partial charge < -0.3 is 15.4 Å². The molecular formula is C24H27F3N4O4S. The van der Waals surface area contributed by atoms with Gasteiger partial charge in [-0.05, 0) is 61.6 Å². The van der Waals surface area contributed by atoms with Crippen LogP contribution >= 0.6 is 0 Å². The molecule has 2 aromatic carbocycles. The van der Waals surface area contributed by atoms with Crippen molar-refractivity contribution in [3.05, 3.63) is 59.2 Å². The van der Waals surface area contributed by atoms with Crippen LogP contribution in [0.2, 0.25) is 0 Å². The van der Waals surface area contributed by atoms with Gasteiger partial charge in [0.05, 0.1) is 5.75 Å². The first-order valence-electron chi connectivity index (χ1n) is 11.4. The number of halogens is 3. The Balaban J connectivity index is 1.42. The number of hydrogen-bond donors (Lipinski definition) is 2. The number of piperidine rings is 1. The first kappa shape index (κ1) is 26.0. The number of aryl methyl sites for hydroxylation is 2. The maximum atomic E-state index is 13.0. The second-order valence-corrected chi connectivity index (χ2v) is 11.0. The number of hydrogen-bond acceptors (Lipinski definition) is 6. The Kier molecular flexibility index (Phi) is 7.02. The number of alkyl halides is 3. The number of carbonyl (C=O) groups is 1. The van der Waals surface area contributed by atoms with Crippen molar-refractivity contribution >= 4 is 27.5 Å². The first-order chi connectivity index (χ1) is 16.9. The standard InChI is InChI=1S/C24H27F3N4O4S/c1-16-14-19(28-2)7-6-17(16)8-13-36(33,34)31-11-9-23(10-12-31)22(32)29-21(30-23)18-4-3-5-20(15-18)35-24(25,26)27/h3-7,14-15,28H,8-13H2,1-2H3,(H,29,30,32). The predicted molar refractivity (Wildman–Crippen MR) is 130 cm³/mol. The molecule has 2 aromatic rings. The monoisotopic (exact) mass is 524 g/mol. The fourth-order valence-corrected chi connectivity index (χ4v) is 5.94. The van der Waals surface area contributed by atoms with E-state index in [1.807, 2.05) is 32.2 Å². The predicted octanol–water partition coefficient (Wildman–Crippen LogP) is 3.22.